The number of rotatable bonds is 3. The van der Waals surface area contributed by atoms with E-state index in [0.717, 1.165) is 0 Å². The van der Waals surface area contributed by atoms with Crippen molar-refractivity contribution < 1.29 is 19.2 Å². The highest BCUT2D eigenvalue weighted by atomic mass is 16.6. The van der Waals surface area contributed by atoms with Crippen molar-refractivity contribution in [3.05, 3.63) is 10.1 Å². The third kappa shape index (κ3) is 5.75. The topological polar surface area (TPSA) is 86.5 Å². The molecule has 0 N–H and O–H groups in total. The Hall–Kier alpha value is -1.46. The molecule has 0 bridgehead atoms. The van der Waals surface area contributed by atoms with E-state index in [1.807, 2.05) is 6.92 Å². The van der Waals surface area contributed by atoms with Gasteiger partial charge in [-0.3, -0.25) is 19.7 Å². The van der Waals surface area contributed by atoms with E-state index in [2.05, 4.69) is 4.74 Å². The van der Waals surface area contributed by atoms with Crippen LogP contribution in [-0.2, 0) is 14.3 Å². The molecule has 0 heterocycles. The number of carbonyl (C=O) groups excluding carboxylic acids is 2. The third-order valence-electron chi connectivity index (χ3n) is 3.04. The molecule has 104 valence electrons. The normalized spacial score (nSPS) is 23.9. The van der Waals surface area contributed by atoms with Crippen LogP contribution < -0.4 is 0 Å². The van der Waals surface area contributed by atoms with E-state index in [-0.39, 0.29) is 28.5 Å². The van der Waals surface area contributed by atoms with Gasteiger partial charge in [-0.05, 0) is 12.8 Å². The smallest absolute Gasteiger partial charge is 0.302 e. The minimum Gasteiger partial charge on any atom is -0.466 e. The summed E-state index contributed by atoms with van der Waals surface area (Å²) in [5.41, 5.74) is 0. The second-order valence-electron chi connectivity index (χ2n) is 4.54. The van der Waals surface area contributed by atoms with Gasteiger partial charge in [-0.1, -0.05) is 6.92 Å². The summed E-state index contributed by atoms with van der Waals surface area (Å²) >= 11 is 0. The van der Waals surface area contributed by atoms with Crippen molar-refractivity contribution in [3.63, 3.8) is 0 Å². The zero-order valence-corrected chi connectivity index (χ0v) is 11.3. The maximum atomic E-state index is 11.0. The lowest BCUT2D eigenvalue weighted by atomic mass is 9.92. The van der Waals surface area contributed by atoms with Gasteiger partial charge in [-0.25, -0.2) is 0 Å². The molecule has 0 saturated heterocycles. The lowest BCUT2D eigenvalue weighted by molar-refractivity contribution is -0.528. The number of carbonyl (C=O) groups is 2. The van der Waals surface area contributed by atoms with E-state index in [4.69, 9.17) is 0 Å². The number of ketones is 1. The van der Waals surface area contributed by atoms with Crippen molar-refractivity contribution >= 4 is 11.8 Å². The molecule has 0 radical (unpaired) electrons. The lowest BCUT2D eigenvalue weighted by Gasteiger charge is -2.14. The Morgan fingerprint density at radius 2 is 2.11 bits per heavy atom. The lowest BCUT2D eigenvalue weighted by Crippen LogP contribution is -2.27. The van der Waals surface area contributed by atoms with Crippen LogP contribution >= 0.6 is 0 Å². The second-order valence-corrected chi connectivity index (χ2v) is 4.54. The molecule has 0 spiro atoms. The molecule has 0 aromatic carbocycles. The molecule has 1 saturated carbocycles. The van der Waals surface area contributed by atoms with Gasteiger partial charge in [-0.15, -0.1) is 0 Å². The van der Waals surface area contributed by atoms with E-state index in [0.29, 0.717) is 19.4 Å². The summed E-state index contributed by atoms with van der Waals surface area (Å²) in [4.78, 5) is 30.9. The molecule has 1 unspecified atom stereocenters. The Morgan fingerprint density at radius 3 is 2.33 bits per heavy atom. The maximum Gasteiger partial charge on any atom is 0.302 e. The minimum atomic E-state index is -0.577. The zero-order chi connectivity index (χ0) is 14.3. The van der Waals surface area contributed by atoms with Crippen molar-refractivity contribution in [1.82, 2.24) is 0 Å². The summed E-state index contributed by atoms with van der Waals surface area (Å²) < 4.78 is 4.40. The highest BCUT2D eigenvalue weighted by Gasteiger charge is 2.38. The molecule has 1 fully saturated rings. The van der Waals surface area contributed by atoms with E-state index in [1.54, 1.807) is 13.8 Å². The summed E-state index contributed by atoms with van der Waals surface area (Å²) in [7, 11) is 0. The molecule has 0 amide bonds. The van der Waals surface area contributed by atoms with Crippen LogP contribution in [0.15, 0.2) is 0 Å². The largest absolute Gasteiger partial charge is 0.466 e. The Bertz CT molecular complexity index is 316. The molecule has 0 aromatic rings. The number of hydrogen-bond acceptors (Lipinski definition) is 5. The first-order valence-corrected chi connectivity index (χ1v) is 6.08. The van der Waals surface area contributed by atoms with Crippen LogP contribution in [0.2, 0.25) is 0 Å². The average molecular weight is 259 g/mol. The van der Waals surface area contributed by atoms with Crippen LogP contribution in [0.4, 0.5) is 0 Å². The Labute approximate surface area is 107 Å². The van der Waals surface area contributed by atoms with Gasteiger partial charge in [0.15, 0.2) is 0 Å². The number of nitrogens with zero attached hydrogens (tertiary/aromatic N) is 1. The molecule has 1 aliphatic rings. The van der Waals surface area contributed by atoms with Gasteiger partial charge in [0.1, 0.15) is 5.78 Å². The molecule has 18 heavy (non-hydrogen) atoms. The van der Waals surface area contributed by atoms with Crippen LogP contribution in [0.5, 0.6) is 0 Å². The summed E-state index contributed by atoms with van der Waals surface area (Å²) in [6.07, 6.45) is 0.909. The average Bonchev–Trinajstić information content (AvgIpc) is 2.57. The number of esters is 1. The van der Waals surface area contributed by atoms with E-state index >= 15 is 0 Å². The Balaban J connectivity index is 0.000000411. The first kappa shape index (κ1) is 16.5. The molecule has 0 aliphatic heterocycles. The predicted molar refractivity (Wildman–Crippen MR) is 65.7 cm³/mol. The number of nitro groups is 1. The Morgan fingerprint density at radius 1 is 1.56 bits per heavy atom. The van der Waals surface area contributed by atoms with Gasteiger partial charge in [-0.2, -0.15) is 0 Å². The SMILES string of the molecule is CC([C@H]1CC(=O)C[C@H]1C)[N+](=O)[O-].CCOC(C)=O. The number of hydrogen-bond donors (Lipinski definition) is 0. The summed E-state index contributed by atoms with van der Waals surface area (Å²) in [6.45, 7) is 7.15. The second kappa shape index (κ2) is 7.79. The molecule has 6 heteroatoms. The first-order chi connectivity index (χ1) is 8.29. The molecule has 6 nitrogen and oxygen atoms in total. The Kier molecular flexibility index (Phi) is 7.16. The molecular weight excluding hydrogens is 238 g/mol. The van der Waals surface area contributed by atoms with E-state index < -0.39 is 6.04 Å². The van der Waals surface area contributed by atoms with Crippen LogP contribution in [0.3, 0.4) is 0 Å². The van der Waals surface area contributed by atoms with Crippen LogP contribution in [0, 0.1) is 22.0 Å². The van der Waals surface area contributed by atoms with Gasteiger partial charge in [0.25, 0.3) is 0 Å². The van der Waals surface area contributed by atoms with Crippen molar-refractivity contribution in [1.29, 1.82) is 0 Å². The highest BCUT2D eigenvalue weighted by molar-refractivity contribution is 5.81. The van der Waals surface area contributed by atoms with Crippen LogP contribution in [0.1, 0.15) is 40.5 Å². The van der Waals surface area contributed by atoms with Gasteiger partial charge in [0.2, 0.25) is 6.04 Å². The standard InChI is InChI=1S/C8H13NO3.C4H8O2/c1-5-3-7(10)4-8(5)6(2)9(11)12;1-3-6-4(2)5/h5-6,8H,3-4H2,1-2H3;3H2,1-2H3/t5-,6?,8+;/m1./s1. The number of Topliss-reactive ketones (excluding diaryl/α,β-unsaturated/α-hetero) is 1. The van der Waals surface area contributed by atoms with E-state index in [1.165, 1.54) is 6.92 Å². The zero-order valence-electron chi connectivity index (χ0n) is 11.3. The monoisotopic (exact) mass is 259 g/mol. The first-order valence-electron chi connectivity index (χ1n) is 6.08. The van der Waals surface area contributed by atoms with Crippen LogP contribution in [0.25, 0.3) is 0 Å². The van der Waals surface area contributed by atoms with Crippen molar-refractivity contribution in [2.24, 2.45) is 11.8 Å². The molecular formula is C12H21NO5. The van der Waals surface area contributed by atoms with Gasteiger partial charge in [0, 0.05) is 37.5 Å². The molecule has 3 atom stereocenters. The summed E-state index contributed by atoms with van der Waals surface area (Å²) in [5, 5.41) is 10.4. The van der Waals surface area contributed by atoms with Gasteiger partial charge in [0.05, 0.1) is 6.61 Å². The summed E-state index contributed by atoms with van der Waals surface area (Å²) in [6, 6.07) is -0.577. The molecule has 0 aromatic heterocycles. The quantitative estimate of drug-likeness (QED) is 0.438. The molecule has 1 aliphatic carbocycles. The molecule has 1 rings (SSSR count). The van der Waals surface area contributed by atoms with Gasteiger partial charge < -0.3 is 4.74 Å². The van der Waals surface area contributed by atoms with E-state index in [9.17, 15) is 19.7 Å². The van der Waals surface area contributed by atoms with Crippen molar-refractivity contribution in [2.75, 3.05) is 6.61 Å². The predicted octanol–water partition coefficient (Wildman–Crippen LogP) is 1.84. The van der Waals surface area contributed by atoms with Crippen molar-refractivity contribution in [3.8, 4) is 0 Å². The maximum absolute atomic E-state index is 11.0. The minimum absolute atomic E-state index is 0.0486. The third-order valence-corrected chi connectivity index (χ3v) is 3.04. The fourth-order valence-corrected chi connectivity index (χ4v) is 2.06. The summed E-state index contributed by atoms with van der Waals surface area (Å²) in [5.74, 6) is 0.0871. The van der Waals surface area contributed by atoms with Crippen LogP contribution in [-0.4, -0.2) is 29.3 Å². The number of ether oxygens (including phenoxy) is 1. The fraction of sp³-hybridized carbons (Fsp3) is 0.833. The van der Waals surface area contributed by atoms with Crippen molar-refractivity contribution in [2.45, 2.75) is 46.6 Å². The fourth-order valence-electron chi connectivity index (χ4n) is 2.06. The highest BCUT2D eigenvalue weighted by Crippen LogP contribution is 2.32. The van der Waals surface area contributed by atoms with Gasteiger partial charge >= 0.3 is 5.97 Å².